The molecule has 0 heterocycles. The van der Waals surface area contributed by atoms with Crippen LogP contribution in [0.25, 0.3) is 0 Å². The normalized spacial score (nSPS) is 11.5. The summed E-state index contributed by atoms with van der Waals surface area (Å²) < 4.78 is 5.72. The van der Waals surface area contributed by atoms with Gasteiger partial charge in [0.15, 0.2) is 6.10 Å². The number of nitrogens with one attached hydrogen (secondary N) is 2. The number of ether oxygens (including phenoxy) is 1. The number of para-hydroxylation sites is 1. The highest BCUT2D eigenvalue weighted by Gasteiger charge is 2.17. The second kappa shape index (κ2) is 8.53. The fourth-order valence-electron chi connectivity index (χ4n) is 2.28. The number of amides is 2. The first-order valence-corrected chi connectivity index (χ1v) is 8.30. The lowest BCUT2D eigenvalue weighted by molar-refractivity contribution is -0.132. The average molecular weight is 361 g/mol. The molecule has 0 aromatic heterocycles. The van der Waals surface area contributed by atoms with Crippen LogP contribution in [0.3, 0.4) is 0 Å². The summed E-state index contributed by atoms with van der Waals surface area (Å²) in [6, 6.07) is 12.7. The molecule has 0 unspecified atom stereocenters. The van der Waals surface area contributed by atoms with Crippen molar-refractivity contribution in [2.75, 3.05) is 0 Å². The van der Waals surface area contributed by atoms with Gasteiger partial charge in [0.2, 0.25) is 5.91 Å². The maximum absolute atomic E-state index is 12.1. The van der Waals surface area contributed by atoms with Gasteiger partial charge in [0.05, 0.1) is 6.42 Å². The first-order valence-electron chi connectivity index (χ1n) is 7.93. The summed E-state index contributed by atoms with van der Waals surface area (Å²) in [5, 5.41) is 0.606. The molecule has 2 amide bonds. The number of rotatable bonds is 5. The van der Waals surface area contributed by atoms with E-state index in [-0.39, 0.29) is 12.3 Å². The third-order valence-electron chi connectivity index (χ3n) is 3.68. The molecular weight excluding hydrogens is 340 g/mol. The molecule has 2 N–H and O–H groups in total. The van der Waals surface area contributed by atoms with Gasteiger partial charge in [-0.15, -0.1) is 0 Å². The van der Waals surface area contributed by atoms with E-state index in [1.54, 1.807) is 31.2 Å². The molecule has 0 saturated heterocycles. The van der Waals surface area contributed by atoms with Gasteiger partial charge < -0.3 is 4.74 Å². The monoisotopic (exact) mass is 360 g/mol. The number of hydrogen-bond donors (Lipinski definition) is 2. The molecule has 25 heavy (non-hydrogen) atoms. The maximum atomic E-state index is 12.1. The Labute approximate surface area is 152 Å². The number of hydrazine groups is 1. The summed E-state index contributed by atoms with van der Waals surface area (Å²) in [4.78, 5) is 24.0. The Morgan fingerprint density at radius 3 is 2.24 bits per heavy atom. The van der Waals surface area contributed by atoms with E-state index in [9.17, 15) is 9.59 Å². The van der Waals surface area contributed by atoms with E-state index in [1.807, 2.05) is 32.0 Å². The highest BCUT2D eigenvalue weighted by molar-refractivity contribution is 6.30. The zero-order valence-electron chi connectivity index (χ0n) is 14.4. The quantitative estimate of drug-likeness (QED) is 0.805. The SMILES string of the molecule is Cc1cccc(C)c1O[C@H](C)C(=O)NNC(=O)Cc1ccc(Cl)cc1. The number of benzene rings is 2. The predicted molar refractivity (Wildman–Crippen MR) is 97.4 cm³/mol. The van der Waals surface area contributed by atoms with Gasteiger partial charge in [-0.3, -0.25) is 20.4 Å². The Morgan fingerprint density at radius 1 is 1.04 bits per heavy atom. The van der Waals surface area contributed by atoms with Crippen LogP contribution < -0.4 is 15.6 Å². The Bertz CT molecular complexity index is 740. The fourth-order valence-corrected chi connectivity index (χ4v) is 2.41. The van der Waals surface area contributed by atoms with Crippen molar-refractivity contribution >= 4 is 23.4 Å². The molecule has 0 bridgehead atoms. The van der Waals surface area contributed by atoms with Gasteiger partial charge in [-0.2, -0.15) is 0 Å². The smallest absolute Gasteiger partial charge is 0.279 e. The van der Waals surface area contributed by atoms with E-state index in [0.29, 0.717) is 10.8 Å². The van der Waals surface area contributed by atoms with Crippen molar-refractivity contribution < 1.29 is 14.3 Å². The van der Waals surface area contributed by atoms with Gasteiger partial charge in [0.1, 0.15) is 5.75 Å². The lowest BCUT2D eigenvalue weighted by Gasteiger charge is -2.18. The molecule has 0 spiro atoms. The molecule has 0 aliphatic rings. The lowest BCUT2D eigenvalue weighted by Crippen LogP contribution is -2.47. The van der Waals surface area contributed by atoms with E-state index >= 15 is 0 Å². The van der Waals surface area contributed by atoms with Gasteiger partial charge in [0.25, 0.3) is 5.91 Å². The van der Waals surface area contributed by atoms with Crippen LogP contribution in [0.2, 0.25) is 5.02 Å². The van der Waals surface area contributed by atoms with Gasteiger partial charge in [-0.05, 0) is 49.6 Å². The summed E-state index contributed by atoms with van der Waals surface area (Å²) in [6.07, 6.45) is -0.598. The maximum Gasteiger partial charge on any atom is 0.279 e. The lowest BCUT2D eigenvalue weighted by atomic mass is 10.1. The van der Waals surface area contributed by atoms with Crippen molar-refractivity contribution in [2.24, 2.45) is 0 Å². The Morgan fingerprint density at radius 2 is 1.64 bits per heavy atom. The second-order valence-corrected chi connectivity index (χ2v) is 6.26. The molecule has 0 aliphatic heterocycles. The standard InChI is InChI=1S/C19H21ClN2O3/c1-12-5-4-6-13(2)18(12)25-14(3)19(24)22-21-17(23)11-15-7-9-16(20)10-8-15/h4-10,14H,11H2,1-3H3,(H,21,23)(H,22,24)/t14-/m1/s1. The Hall–Kier alpha value is -2.53. The summed E-state index contributed by atoms with van der Waals surface area (Å²) in [5.41, 5.74) is 7.48. The van der Waals surface area contributed by atoms with Crippen LogP contribution in [0.4, 0.5) is 0 Å². The topological polar surface area (TPSA) is 67.4 Å². The minimum absolute atomic E-state index is 0.142. The van der Waals surface area contributed by atoms with Gasteiger partial charge in [-0.1, -0.05) is 41.9 Å². The largest absolute Gasteiger partial charge is 0.480 e. The van der Waals surface area contributed by atoms with Gasteiger partial charge in [0, 0.05) is 5.02 Å². The van der Waals surface area contributed by atoms with E-state index in [2.05, 4.69) is 10.9 Å². The third-order valence-corrected chi connectivity index (χ3v) is 3.93. The van der Waals surface area contributed by atoms with Crippen LogP contribution >= 0.6 is 11.6 Å². The fraction of sp³-hybridized carbons (Fsp3) is 0.263. The Balaban J connectivity index is 1.84. The molecule has 5 nitrogen and oxygen atoms in total. The van der Waals surface area contributed by atoms with Gasteiger partial charge >= 0.3 is 0 Å². The van der Waals surface area contributed by atoms with Crippen molar-refractivity contribution in [3.8, 4) is 5.75 Å². The minimum atomic E-state index is -0.740. The summed E-state index contributed by atoms with van der Waals surface area (Å²) in [6.45, 7) is 5.47. The number of carbonyl (C=O) groups is 2. The van der Waals surface area contributed by atoms with Crippen LogP contribution in [0.5, 0.6) is 5.75 Å². The van der Waals surface area contributed by atoms with Crippen LogP contribution in [-0.4, -0.2) is 17.9 Å². The summed E-state index contributed by atoms with van der Waals surface area (Å²) in [7, 11) is 0. The van der Waals surface area contributed by atoms with E-state index < -0.39 is 12.0 Å². The average Bonchev–Trinajstić information content (AvgIpc) is 2.58. The molecular formula is C19H21ClN2O3. The van der Waals surface area contributed by atoms with Gasteiger partial charge in [-0.25, -0.2) is 0 Å². The summed E-state index contributed by atoms with van der Waals surface area (Å²) >= 11 is 5.80. The minimum Gasteiger partial charge on any atom is -0.480 e. The zero-order valence-corrected chi connectivity index (χ0v) is 15.2. The zero-order chi connectivity index (χ0) is 18.4. The third kappa shape index (κ3) is 5.50. The molecule has 0 aliphatic carbocycles. The highest BCUT2D eigenvalue weighted by atomic mass is 35.5. The number of halogens is 1. The highest BCUT2D eigenvalue weighted by Crippen LogP contribution is 2.23. The van der Waals surface area contributed by atoms with Crippen LogP contribution in [0, 0.1) is 13.8 Å². The molecule has 0 saturated carbocycles. The number of carbonyl (C=O) groups excluding carboxylic acids is 2. The number of hydrogen-bond acceptors (Lipinski definition) is 3. The molecule has 132 valence electrons. The molecule has 2 aromatic carbocycles. The van der Waals surface area contributed by atoms with Crippen molar-refractivity contribution in [1.82, 2.24) is 10.9 Å². The number of aryl methyl sites for hydroxylation is 2. The van der Waals surface area contributed by atoms with Crippen LogP contribution in [-0.2, 0) is 16.0 Å². The van der Waals surface area contributed by atoms with Crippen LogP contribution in [0.1, 0.15) is 23.6 Å². The van der Waals surface area contributed by atoms with Crippen molar-refractivity contribution in [1.29, 1.82) is 0 Å². The van der Waals surface area contributed by atoms with Crippen molar-refractivity contribution in [3.63, 3.8) is 0 Å². The van der Waals surface area contributed by atoms with Crippen LogP contribution in [0.15, 0.2) is 42.5 Å². The molecule has 1 atom stereocenters. The second-order valence-electron chi connectivity index (χ2n) is 5.82. The molecule has 6 heteroatoms. The first-order chi connectivity index (χ1) is 11.9. The van der Waals surface area contributed by atoms with E-state index in [4.69, 9.17) is 16.3 Å². The molecule has 2 rings (SSSR count). The predicted octanol–water partition coefficient (Wildman–Crippen LogP) is 3.11. The van der Waals surface area contributed by atoms with E-state index in [1.165, 1.54) is 0 Å². The molecule has 2 aromatic rings. The Kier molecular flexibility index (Phi) is 6.42. The molecule has 0 radical (unpaired) electrons. The van der Waals surface area contributed by atoms with Crippen molar-refractivity contribution in [3.05, 3.63) is 64.2 Å². The van der Waals surface area contributed by atoms with E-state index in [0.717, 1.165) is 16.7 Å². The summed E-state index contributed by atoms with van der Waals surface area (Å²) in [5.74, 6) is -0.0697. The molecule has 0 fully saturated rings. The first kappa shape index (κ1) is 18.8. The van der Waals surface area contributed by atoms with Crippen molar-refractivity contribution in [2.45, 2.75) is 33.3 Å².